The summed E-state index contributed by atoms with van der Waals surface area (Å²) in [4.78, 5) is 4.21. The number of nitrogens with zero attached hydrogens (tertiary/aromatic N) is 2. The van der Waals surface area contributed by atoms with E-state index in [0.717, 1.165) is 16.6 Å². The molecule has 0 aliphatic carbocycles. The van der Waals surface area contributed by atoms with Crippen LogP contribution in [0.4, 0.5) is 0 Å². The molecule has 4 nitrogen and oxygen atoms in total. The summed E-state index contributed by atoms with van der Waals surface area (Å²) in [6.45, 7) is 2.78. The van der Waals surface area contributed by atoms with Gasteiger partial charge in [0, 0.05) is 29.0 Å². The van der Waals surface area contributed by atoms with Gasteiger partial charge in [0.2, 0.25) is 0 Å². The van der Waals surface area contributed by atoms with Crippen molar-refractivity contribution in [3.05, 3.63) is 46.5 Å². The van der Waals surface area contributed by atoms with Gasteiger partial charge in [0.25, 0.3) is 0 Å². The average molecular weight is 311 g/mol. The Morgan fingerprint density at radius 3 is 2.94 bits per heavy atom. The van der Waals surface area contributed by atoms with Crippen molar-refractivity contribution in [2.75, 3.05) is 7.11 Å². The monoisotopic (exact) mass is 310 g/mol. The molecule has 0 saturated heterocycles. The minimum Gasteiger partial charge on any atom is -0.497 e. The summed E-state index contributed by atoms with van der Waals surface area (Å²) in [6.07, 6.45) is 2.77. The number of hydrogen-bond donors (Lipinski definition) is 1. The number of aromatic nitrogens is 2. The summed E-state index contributed by atoms with van der Waals surface area (Å²) in [5, 5.41) is 10.4. The number of imidazole rings is 1. The van der Waals surface area contributed by atoms with Crippen molar-refractivity contribution in [3.63, 3.8) is 0 Å². The first-order valence-corrected chi connectivity index (χ1v) is 6.49. The Labute approximate surface area is 114 Å². The number of benzene rings is 1. The standard InChI is InChI=1S/C13H15BrN2O2/c1-3-16-7-6-15-13(16)12(17)10-8-9(18-2)4-5-11(10)14/h4-8,12,17H,3H2,1-2H3. The Balaban J connectivity index is 2.42. The number of ether oxygens (including phenoxy) is 1. The molecule has 0 amide bonds. The lowest BCUT2D eigenvalue weighted by Crippen LogP contribution is -2.09. The van der Waals surface area contributed by atoms with Gasteiger partial charge in [0.15, 0.2) is 0 Å². The van der Waals surface area contributed by atoms with Crippen LogP contribution in [0.2, 0.25) is 0 Å². The van der Waals surface area contributed by atoms with Gasteiger partial charge in [-0.2, -0.15) is 0 Å². The van der Waals surface area contributed by atoms with Crippen LogP contribution in [0.15, 0.2) is 35.1 Å². The molecule has 2 rings (SSSR count). The van der Waals surface area contributed by atoms with Crippen molar-refractivity contribution in [2.24, 2.45) is 0 Å². The van der Waals surface area contributed by atoms with E-state index in [1.165, 1.54) is 0 Å². The van der Waals surface area contributed by atoms with E-state index >= 15 is 0 Å². The van der Waals surface area contributed by atoms with Crippen molar-refractivity contribution in [2.45, 2.75) is 19.6 Å². The van der Waals surface area contributed by atoms with E-state index in [1.807, 2.05) is 35.9 Å². The molecule has 0 aliphatic rings. The summed E-state index contributed by atoms with van der Waals surface area (Å²) < 4.78 is 7.92. The highest BCUT2D eigenvalue weighted by atomic mass is 79.9. The molecule has 0 fully saturated rings. The summed E-state index contributed by atoms with van der Waals surface area (Å²) in [5.74, 6) is 1.34. The maximum absolute atomic E-state index is 10.4. The smallest absolute Gasteiger partial charge is 0.142 e. The zero-order valence-corrected chi connectivity index (χ0v) is 11.9. The van der Waals surface area contributed by atoms with E-state index in [2.05, 4.69) is 20.9 Å². The highest BCUT2D eigenvalue weighted by Gasteiger charge is 2.18. The van der Waals surface area contributed by atoms with Gasteiger partial charge in [0.05, 0.1) is 7.11 Å². The van der Waals surface area contributed by atoms with Crippen LogP contribution >= 0.6 is 15.9 Å². The first kappa shape index (κ1) is 13.1. The zero-order valence-electron chi connectivity index (χ0n) is 10.3. The maximum atomic E-state index is 10.4. The second kappa shape index (κ2) is 5.54. The topological polar surface area (TPSA) is 47.3 Å². The normalized spacial score (nSPS) is 12.4. The number of aliphatic hydroxyl groups is 1. The van der Waals surface area contributed by atoms with Crippen molar-refractivity contribution in [1.82, 2.24) is 9.55 Å². The highest BCUT2D eigenvalue weighted by molar-refractivity contribution is 9.10. The molecule has 0 aliphatic heterocycles. The van der Waals surface area contributed by atoms with Gasteiger partial charge >= 0.3 is 0 Å². The molecule has 1 aromatic heterocycles. The quantitative estimate of drug-likeness (QED) is 0.944. The lowest BCUT2D eigenvalue weighted by Gasteiger charge is -2.15. The first-order valence-electron chi connectivity index (χ1n) is 5.70. The van der Waals surface area contributed by atoms with Gasteiger partial charge in [-0.25, -0.2) is 4.98 Å². The third kappa shape index (κ3) is 2.42. The van der Waals surface area contributed by atoms with E-state index < -0.39 is 6.10 Å². The summed E-state index contributed by atoms with van der Waals surface area (Å²) >= 11 is 3.44. The fourth-order valence-corrected chi connectivity index (χ4v) is 2.30. The van der Waals surface area contributed by atoms with Crippen LogP contribution in [0.3, 0.4) is 0 Å². The molecule has 2 aromatic rings. The van der Waals surface area contributed by atoms with E-state index in [-0.39, 0.29) is 0 Å². The number of aliphatic hydroxyl groups excluding tert-OH is 1. The van der Waals surface area contributed by atoms with Crippen molar-refractivity contribution in [1.29, 1.82) is 0 Å². The molecule has 1 unspecified atom stereocenters. The molecule has 96 valence electrons. The van der Waals surface area contributed by atoms with Crippen LogP contribution in [0.1, 0.15) is 24.4 Å². The van der Waals surface area contributed by atoms with E-state index in [9.17, 15) is 5.11 Å². The second-order valence-electron chi connectivity index (χ2n) is 3.86. The molecule has 1 aromatic carbocycles. The fraction of sp³-hybridized carbons (Fsp3) is 0.308. The van der Waals surface area contributed by atoms with Gasteiger partial charge in [0.1, 0.15) is 17.7 Å². The van der Waals surface area contributed by atoms with E-state index in [4.69, 9.17) is 4.74 Å². The fourth-order valence-electron chi connectivity index (χ4n) is 1.83. The Kier molecular flexibility index (Phi) is 4.04. The second-order valence-corrected chi connectivity index (χ2v) is 4.72. The predicted molar refractivity (Wildman–Crippen MR) is 72.7 cm³/mol. The molecular formula is C13H15BrN2O2. The Morgan fingerprint density at radius 1 is 1.50 bits per heavy atom. The number of rotatable bonds is 4. The molecule has 1 N–H and O–H groups in total. The van der Waals surface area contributed by atoms with E-state index in [0.29, 0.717) is 11.6 Å². The molecule has 0 bridgehead atoms. The summed E-state index contributed by atoms with van der Waals surface area (Å²) in [7, 11) is 1.60. The lowest BCUT2D eigenvalue weighted by atomic mass is 10.1. The SMILES string of the molecule is CCn1ccnc1C(O)c1cc(OC)ccc1Br. The highest BCUT2D eigenvalue weighted by Crippen LogP contribution is 2.30. The minimum atomic E-state index is -0.774. The number of methoxy groups -OCH3 is 1. The molecule has 0 radical (unpaired) electrons. The van der Waals surface area contributed by atoms with Crippen LogP contribution < -0.4 is 4.74 Å². The predicted octanol–water partition coefficient (Wildman–Crippen LogP) is 2.76. The van der Waals surface area contributed by atoms with Crippen LogP contribution in [0.25, 0.3) is 0 Å². The zero-order chi connectivity index (χ0) is 13.1. The summed E-state index contributed by atoms with van der Waals surface area (Å²) in [6, 6.07) is 5.51. The largest absolute Gasteiger partial charge is 0.497 e. The van der Waals surface area contributed by atoms with Crippen molar-refractivity contribution in [3.8, 4) is 5.75 Å². The maximum Gasteiger partial charge on any atom is 0.142 e. The third-order valence-corrected chi connectivity index (χ3v) is 3.55. The van der Waals surface area contributed by atoms with Gasteiger partial charge in [-0.15, -0.1) is 0 Å². The molecule has 1 heterocycles. The van der Waals surface area contributed by atoms with Crippen LogP contribution in [0.5, 0.6) is 5.75 Å². The third-order valence-electron chi connectivity index (χ3n) is 2.83. The Morgan fingerprint density at radius 2 is 2.28 bits per heavy atom. The summed E-state index contributed by atoms with van der Waals surface area (Å²) in [5.41, 5.74) is 0.746. The molecule has 18 heavy (non-hydrogen) atoms. The van der Waals surface area contributed by atoms with Crippen molar-refractivity contribution >= 4 is 15.9 Å². The number of aryl methyl sites for hydroxylation is 1. The van der Waals surface area contributed by atoms with Crippen molar-refractivity contribution < 1.29 is 9.84 Å². The van der Waals surface area contributed by atoms with Crippen LogP contribution in [0, 0.1) is 0 Å². The van der Waals surface area contributed by atoms with E-state index in [1.54, 1.807) is 13.3 Å². The Hall–Kier alpha value is -1.33. The van der Waals surface area contributed by atoms with Gasteiger partial charge in [-0.1, -0.05) is 15.9 Å². The number of hydrogen-bond acceptors (Lipinski definition) is 3. The van der Waals surface area contributed by atoms with Gasteiger partial charge < -0.3 is 14.4 Å². The molecular weight excluding hydrogens is 296 g/mol. The number of halogens is 1. The molecule has 0 spiro atoms. The minimum absolute atomic E-state index is 0.631. The molecule has 1 atom stereocenters. The lowest BCUT2D eigenvalue weighted by molar-refractivity contribution is 0.203. The van der Waals surface area contributed by atoms with Crippen LogP contribution in [-0.2, 0) is 6.54 Å². The van der Waals surface area contributed by atoms with Crippen LogP contribution in [-0.4, -0.2) is 21.8 Å². The average Bonchev–Trinajstić information content (AvgIpc) is 2.86. The van der Waals surface area contributed by atoms with Gasteiger partial charge in [-0.05, 0) is 25.1 Å². The molecule has 5 heteroatoms. The van der Waals surface area contributed by atoms with Gasteiger partial charge in [-0.3, -0.25) is 0 Å². The Bertz CT molecular complexity index is 540. The molecule has 0 saturated carbocycles. The first-order chi connectivity index (χ1) is 8.67.